The van der Waals surface area contributed by atoms with Crippen LogP contribution < -0.4 is 15.4 Å². The van der Waals surface area contributed by atoms with E-state index in [-0.39, 0.29) is 12.3 Å². The van der Waals surface area contributed by atoms with Gasteiger partial charge in [0.05, 0.1) is 13.1 Å². The Bertz CT molecular complexity index is 675. The van der Waals surface area contributed by atoms with E-state index in [0.29, 0.717) is 36.3 Å². The maximum absolute atomic E-state index is 12.4. The van der Waals surface area contributed by atoms with Gasteiger partial charge < -0.3 is 19.9 Å². The van der Waals surface area contributed by atoms with Crippen LogP contribution in [0.2, 0.25) is 0 Å². The average Bonchev–Trinajstić information content (AvgIpc) is 2.96. The molecular formula is C15H19F2N5O2. The summed E-state index contributed by atoms with van der Waals surface area (Å²) >= 11 is 0. The third-order valence-corrected chi connectivity index (χ3v) is 2.92. The molecule has 0 aliphatic carbocycles. The lowest BCUT2D eigenvalue weighted by Crippen LogP contribution is -2.36. The third-order valence-electron chi connectivity index (χ3n) is 2.92. The third kappa shape index (κ3) is 5.49. The summed E-state index contributed by atoms with van der Waals surface area (Å²) in [5, 5.41) is 9.78. The van der Waals surface area contributed by atoms with Gasteiger partial charge in [-0.3, -0.25) is 0 Å². The molecule has 2 N–H and O–H groups in total. The number of alkyl halides is 2. The number of benzene rings is 1. The van der Waals surface area contributed by atoms with Crippen molar-refractivity contribution in [3.8, 4) is 5.75 Å². The number of halogens is 2. The quantitative estimate of drug-likeness (QED) is 0.594. The molecule has 0 unspecified atom stereocenters. The second-order valence-electron chi connectivity index (χ2n) is 4.77. The van der Waals surface area contributed by atoms with Crippen molar-refractivity contribution in [3.05, 3.63) is 41.5 Å². The second kappa shape index (κ2) is 8.80. The topological polar surface area (TPSA) is 84.6 Å². The molecule has 1 heterocycles. The van der Waals surface area contributed by atoms with E-state index < -0.39 is 6.61 Å². The second-order valence-corrected chi connectivity index (χ2v) is 4.77. The van der Waals surface area contributed by atoms with E-state index in [1.807, 2.05) is 6.92 Å². The highest BCUT2D eigenvalue weighted by atomic mass is 19.3. The Hall–Kier alpha value is -2.71. The first kappa shape index (κ1) is 17.6. The normalized spacial score (nSPS) is 11.6. The lowest BCUT2D eigenvalue weighted by Gasteiger charge is -2.11. The van der Waals surface area contributed by atoms with Crippen LogP contribution in [0, 0.1) is 6.92 Å². The van der Waals surface area contributed by atoms with Crippen LogP contribution in [0.5, 0.6) is 5.75 Å². The molecule has 0 saturated heterocycles. The summed E-state index contributed by atoms with van der Waals surface area (Å²) in [4.78, 5) is 8.43. The minimum atomic E-state index is -2.87. The Morgan fingerprint density at radius 3 is 2.79 bits per heavy atom. The van der Waals surface area contributed by atoms with Crippen LogP contribution in [0.4, 0.5) is 8.78 Å². The highest BCUT2D eigenvalue weighted by molar-refractivity contribution is 5.79. The first-order valence-electron chi connectivity index (χ1n) is 7.42. The molecule has 0 spiro atoms. The SMILES string of the molecule is CCNC(=NCc1ccccc1OC(F)F)NCc1nc(C)no1. The number of guanidine groups is 1. The fourth-order valence-corrected chi connectivity index (χ4v) is 1.92. The summed E-state index contributed by atoms with van der Waals surface area (Å²) in [6.07, 6.45) is 0. The van der Waals surface area contributed by atoms with Gasteiger partial charge in [0.2, 0.25) is 5.89 Å². The number of ether oxygens (including phenoxy) is 1. The van der Waals surface area contributed by atoms with Gasteiger partial charge in [-0.2, -0.15) is 13.8 Å². The summed E-state index contributed by atoms with van der Waals surface area (Å²) in [5.74, 6) is 1.59. The van der Waals surface area contributed by atoms with Gasteiger partial charge in [0.1, 0.15) is 5.75 Å². The van der Waals surface area contributed by atoms with Crippen molar-refractivity contribution in [1.82, 2.24) is 20.8 Å². The van der Waals surface area contributed by atoms with Gasteiger partial charge in [0.15, 0.2) is 11.8 Å². The molecule has 1 aromatic carbocycles. The van der Waals surface area contributed by atoms with Crippen LogP contribution in [0.25, 0.3) is 0 Å². The number of rotatable bonds is 7. The van der Waals surface area contributed by atoms with Crippen molar-refractivity contribution in [1.29, 1.82) is 0 Å². The highest BCUT2D eigenvalue weighted by Crippen LogP contribution is 2.20. The Labute approximate surface area is 138 Å². The van der Waals surface area contributed by atoms with Gasteiger partial charge >= 0.3 is 6.61 Å². The van der Waals surface area contributed by atoms with Gasteiger partial charge in [0, 0.05) is 12.1 Å². The molecule has 7 nitrogen and oxygen atoms in total. The van der Waals surface area contributed by atoms with Crippen LogP contribution in [0.15, 0.2) is 33.8 Å². The first-order valence-corrected chi connectivity index (χ1v) is 7.42. The lowest BCUT2D eigenvalue weighted by molar-refractivity contribution is -0.0504. The van der Waals surface area contributed by atoms with Crippen molar-refractivity contribution in [2.24, 2.45) is 4.99 Å². The maximum Gasteiger partial charge on any atom is 0.387 e. The molecule has 9 heteroatoms. The smallest absolute Gasteiger partial charge is 0.387 e. The van der Waals surface area contributed by atoms with Crippen LogP contribution in [-0.4, -0.2) is 29.3 Å². The van der Waals surface area contributed by atoms with E-state index in [2.05, 4.69) is 30.5 Å². The monoisotopic (exact) mass is 339 g/mol. The Morgan fingerprint density at radius 2 is 2.12 bits per heavy atom. The molecule has 2 aromatic rings. The van der Waals surface area contributed by atoms with Crippen LogP contribution >= 0.6 is 0 Å². The van der Waals surface area contributed by atoms with E-state index >= 15 is 0 Å². The van der Waals surface area contributed by atoms with Crippen molar-refractivity contribution in [3.63, 3.8) is 0 Å². The zero-order valence-electron chi connectivity index (χ0n) is 13.4. The van der Waals surface area contributed by atoms with Crippen molar-refractivity contribution < 1.29 is 18.0 Å². The molecular weight excluding hydrogens is 320 g/mol. The molecule has 1 aromatic heterocycles. The molecule has 0 aliphatic heterocycles. The zero-order valence-corrected chi connectivity index (χ0v) is 13.4. The summed E-state index contributed by atoms with van der Waals surface area (Å²) in [5.41, 5.74) is 0.559. The molecule has 0 fully saturated rings. The molecule has 0 saturated carbocycles. The number of hydrogen-bond donors (Lipinski definition) is 2. The van der Waals surface area contributed by atoms with Gasteiger partial charge in [-0.1, -0.05) is 23.4 Å². The van der Waals surface area contributed by atoms with Crippen LogP contribution in [-0.2, 0) is 13.1 Å². The van der Waals surface area contributed by atoms with E-state index in [1.54, 1.807) is 25.1 Å². The number of aromatic nitrogens is 2. The Balaban J connectivity index is 2.02. The number of para-hydroxylation sites is 1. The largest absolute Gasteiger partial charge is 0.434 e. The number of hydrogen-bond acceptors (Lipinski definition) is 5. The van der Waals surface area contributed by atoms with Gasteiger partial charge in [-0.15, -0.1) is 0 Å². The zero-order chi connectivity index (χ0) is 17.4. The summed E-state index contributed by atoms with van der Waals surface area (Å²) in [7, 11) is 0. The molecule has 0 amide bonds. The number of nitrogens with zero attached hydrogens (tertiary/aromatic N) is 3. The van der Waals surface area contributed by atoms with Crippen LogP contribution in [0.1, 0.15) is 24.2 Å². The predicted molar refractivity (Wildman–Crippen MR) is 83.8 cm³/mol. The van der Waals surface area contributed by atoms with Crippen molar-refractivity contribution in [2.75, 3.05) is 6.54 Å². The number of aliphatic imine (C=N–C) groups is 1. The van der Waals surface area contributed by atoms with Crippen molar-refractivity contribution >= 4 is 5.96 Å². The van der Waals surface area contributed by atoms with Gasteiger partial charge in [-0.05, 0) is 19.9 Å². The number of nitrogens with one attached hydrogen (secondary N) is 2. The highest BCUT2D eigenvalue weighted by Gasteiger charge is 2.09. The molecule has 24 heavy (non-hydrogen) atoms. The molecule has 0 atom stereocenters. The standard InChI is InChI=1S/C15H19F2N5O2/c1-3-18-15(20-9-13-21-10(2)22-24-13)19-8-11-6-4-5-7-12(11)23-14(16)17/h4-7,14H,3,8-9H2,1-2H3,(H2,18,19,20). The number of aryl methyl sites for hydroxylation is 1. The van der Waals surface area contributed by atoms with E-state index in [9.17, 15) is 8.78 Å². The minimum Gasteiger partial charge on any atom is -0.434 e. The van der Waals surface area contributed by atoms with E-state index in [1.165, 1.54) is 6.07 Å². The summed E-state index contributed by atoms with van der Waals surface area (Å²) in [6, 6.07) is 6.54. The van der Waals surface area contributed by atoms with Crippen molar-refractivity contribution in [2.45, 2.75) is 33.5 Å². The molecule has 0 radical (unpaired) electrons. The lowest BCUT2D eigenvalue weighted by atomic mass is 10.2. The Morgan fingerprint density at radius 1 is 1.33 bits per heavy atom. The van der Waals surface area contributed by atoms with Crippen LogP contribution in [0.3, 0.4) is 0 Å². The van der Waals surface area contributed by atoms with E-state index in [4.69, 9.17) is 4.52 Å². The molecule has 0 aliphatic rings. The predicted octanol–water partition coefficient (Wildman–Crippen LogP) is 2.23. The average molecular weight is 339 g/mol. The molecule has 2 rings (SSSR count). The molecule has 0 bridgehead atoms. The first-order chi connectivity index (χ1) is 11.6. The summed E-state index contributed by atoms with van der Waals surface area (Å²) < 4.78 is 34.4. The fraction of sp³-hybridized carbons (Fsp3) is 0.400. The van der Waals surface area contributed by atoms with E-state index in [0.717, 1.165) is 0 Å². The Kier molecular flexibility index (Phi) is 6.47. The fourth-order valence-electron chi connectivity index (χ4n) is 1.92. The van der Waals surface area contributed by atoms with Gasteiger partial charge in [0.25, 0.3) is 0 Å². The minimum absolute atomic E-state index is 0.111. The maximum atomic E-state index is 12.4. The molecule has 130 valence electrons. The summed E-state index contributed by atoms with van der Waals surface area (Å²) in [6.45, 7) is 1.91. The van der Waals surface area contributed by atoms with Gasteiger partial charge in [-0.25, -0.2) is 4.99 Å².